The minimum absolute atomic E-state index is 0.122. The minimum atomic E-state index is -3.92. The first-order valence-corrected chi connectivity index (χ1v) is 11.9. The Balaban J connectivity index is 1.83. The highest BCUT2D eigenvalue weighted by atomic mass is 32.2. The molecule has 2 aromatic carbocycles. The Morgan fingerprint density at radius 3 is 2.34 bits per heavy atom. The third-order valence-electron chi connectivity index (χ3n) is 5.53. The highest BCUT2D eigenvalue weighted by Gasteiger charge is 2.29. The van der Waals surface area contributed by atoms with Gasteiger partial charge in [0.1, 0.15) is 10.7 Å². The van der Waals surface area contributed by atoms with Gasteiger partial charge in [-0.3, -0.25) is 8.71 Å². The van der Waals surface area contributed by atoms with Crippen LogP contribution in [0, 0.1) is 6.92 Å². The monoisotopic (exact) mass is 446 g/mol. The lowest BCUT2D eigenvalue weighted by Crippen LogP contribution is -2.31. The van der Waals surface area contributed by atoms with E-state index in [9.17, 15) is 8.42 Å². The van der Waals surface area contributed by atoms with Crippen LogP contribution in [0.25, 0.3) is 11.7 Å². The highest BCUT2D eigenvalue weighted by Crippen LogP contribution is 2.29. The van der Waals surface area contributed by atoms with Crippen molar-refractivity contribution in [1.29, 1.82) is 0 Å². The van der Waals surface area contributed by atoms with Gasteiger partial charge >= 0.3 is 0 Å². The third-order valence-corrected chi connectivity index (χ3v) is 7.32. The molecule has 164 valence electrons. The molecule has 0 saturated heterocycles. The van der Waals surface area contributed by atoms with E-state index >= 15 is 0 Å². The number of sulfonamides is 1. The van der Waals surface area contributed by atoms with Gasteiger partial charge in [-0.2, -0.15) is 0 Å². The largest absolute Gasteiger partial charge is 0.286 e. The number of aryl methyl sites for hydroxylation is 1. The summed E-state index contributed by atoms with van der Waals surface area (Å²) in [6, 6.07) is 18.7. The first-order chi connectivity index (χ1) is 15.3. The van der Waals surface area contributed by atoms with Crippen LogP contribution in [0.4, 0.5) is 5.69 Å². The number of aromatic nitrogens is 3. The summed E-state index contributed by atoms with van der Waals surface area (Å²) < 4.78 is 31.0. The van der Waals surface area contributed by atoms with Gasteiger partial charge in [-0.25, -0.2) is 8.42 Å². The molecule has 0 amide bonds. The summed E-state index contributed by atoms with van der Waals surface area (Å²) >= 11 is 0. The van der Waals surface area contributed by atoms with Gasteiger partial charge < -0.3 is 0 Å². The normalized spacial score (nSPS) is 11.8. The van der Waals surface area contributed by atoms with E-state index in [1.165, 1.54) is 4.31 Å². The molecule has 4 rings (SSSR count). The van der Waals surface area contributed by atoms with Crippen LogP contribution in [0.3, 0.4) is 0 Å². The van der Waals surface area contributed by atoms with E-state index in [0.29, 0.717) is 23.1 Å². The average Bonchev–Trinajstić information content (AvgIpc) is 3.18. The maximum atomic E-state index is 13.9. The van der Waals surface area contributed by atoms with Crippen LogP contribution in [0.5, 0.6) is 0 Å². The molecule has 2 heterocycles. The summed E-state index contributed by atoms with van der Waals surface area (Å²) in [5.41, 5.74) is 3.91. The van der Waals surface area contributed by atoms with Crippen molar-refractivity contribution >= 4 is 27.4 Å². The van der Waals surface area contributed by atoms with Gasteiger partial charge in [-0.15, -0.1) is 10.2 Å². The number of hydrogen-bond acceptors (Lipinski definition) is 4. The molecular weight excluding hydrogens is 420 g/mol. The molecule has 0 aliphatic rings. The molecule has 0 unspecified atom stereocenters. The molecule has 0 aliphatic carbocycles. The summed E-state index contributed by atoms with van der Waals surface area (Å²) in [5, 5.41) is 8.18. The number of pyridine rings is 1. The number of anilines is 1. The molecule has 0 N–H and O–H groups in total. The fraction of sp³-hybridized carbons (Fsp3) is 0.200. The molecule has 0 aliphatic heterocycles. The van der Waals surface area contributed by atoms with Crippen molar-refractivity contribution in [1.82, 2.24) is 14.6 Å². The number of fused-ring (bicyclic) bond motifs is 1. The van der Waals surface area contributed by atoms with E-state index in [4.69, 9.17) is 0 Å². The number of rotatable bonds is 7. The highest BCUT2D eigenvalue weighted by molar-refractivity contribution is 7.93. The summed E-state index contributed by atoms with van der Waals surface area (Å²) in [5.74, 6) is 0.984. The summed E-state index contributed by atoms with van der Waals surface area (Å²) in [4.78, 5) is 0.122. The molecule has 2 aromatic heterocycles. The molecule has 0 atom stereocenters. The zero-order valence-corrected chi connectivity index (χ0v) is 19.2. The Hall–Kier alpha value is -3.45. The number of benzene rings is 2. The molecule has 0 fully saturated rings. The fourth-order valence-corrected chi connectivity index (χ4v) is 5.17. The van der Waals surface area contributed by atoms with Crippen molar-refractivity contribution in [3.05, 3.63) is 96.0 Å². The van der Waals surface area contributed by atoms with Crippen molar-refractivity contribution in [2.24, 2.45) is 0 Å². The van der Waals surface area contributed by atoms with Crippen molar-refractivity contribution in [3.63, 3.8) is 0 Å². The van der Waals surface area contributed by atoms with Crippen LogP contribution < -0.4 is 4.31 Å². The quantitative estimate of drug-likeness (QED) is 0.391. The predicted molar refractivity (Wildman–Crippen MR) is 128 cm³/mol. The van der Waals surface area contributed by atoms with Gasteiger partial charge in [-0.05, 0) is 53.8 Å². The standard InChI is InChI=1S/C25H26N4O2S/c1-5-20-8-10-21(11-9-20)17-29(23-14-12-22(13-15-23)18(2)3)32(30,31)24-7-6-16-28-19(4)26-27-25(24)28/h5-16,18H,1,17H2,2-4H3. The van der Waals surface area contributed by atoms with Crippen LogP contribution >= 0.6 is 0 Å². The zero-order valence-electron chi connectivity index (χ0n) is 18.4. The molecule has 32 heavy (non-hydrogen) atoms. The van der Waals surface area contributed by atoms with E-state index in [1.807, 2.05) is 48.5 Å². The van der Waals surface area contributed by atoms with Crippen molar-refractivity contribution in [2.45, 2.75) is 38.1 Å². The Kier molecular flexibility index (Phi) is 5.84. The molecule has 0 spiro atoms. The molecule has 7 heteroatoms. The number of hydrogen-bond donors (Lipinski definition) is 0. The Morgan fingerprint density at radius 2 is 1.72 bits per heavy atom. The van der Waals surface area contributed by atoms with E-state index in [1.54, 1.807) is 35.7 Å². The molecule has 6 nitrogen and oxygen atoms in total. The van der Waals surface area contributed by atoms with E-state index in [2.05, 4.69) is 30.6 Å². The Morgan fingerprint density at radius 1 is 1.03 bits per heavy atom. The Labute approximate surface area is 188 Å². The second kappa shape index (κ2) is 8.59. The van der Waals surface area contributed by atoms with Gasteiger partial charge in [-0.1, -0.05) is 62.9 Å². The lowest BCUT2D eigenvalue weighted by atomic mass is 10.0. The first-order valence-electron chi connectivity index (χ1n) is 10.5. The van der Waals surface area contributed by atoms with Gasteiger partial charge in [0, 0.05) is 6.20 Å². The lowest BCUT2D eigenvalue weighted by molar-refractivity contribution is 0.590. The van der Waals surface area contributed by atoms with E-state index in [-0.39, 0.29) is 11.4 Å². The van der Waals surface area contributed by atoms with E-state index < -0.39 is 10.0 Å². The number of nitrogens with zero attached hydrogens (tertiary/aromatic N) is 4. The Bertz CT molecular complexity index is 1360. The third kappa shape index (κ3) is 4.03. The smallest absolute Gasteiger partial charge is 0.268 e. The molecular formula is C25H26N4O2S. The fourth-order valence-electron chi connectivity index (χ4n) is 3.59. The second-order valence-corrected chi connectivity index (χ2v) is 9.85. The maximum Gasteiger partial charge on any atom is 0.268 e. The van der Waals surface area contributed by atoms with E-state index in [0.717, 1.165) is 16.7 Å². The summed E-state index contributed by atoms with van der Waals surface area (Å²) in [6.45, 7) is 9.98. The SMILES string of the molecule is C=Cc1ccc(CN(c2ccc(C(C)C)cc2)S(=O)(=O)c2cccn3c(C)nnc23)cc1. The second-order valence-electron chi connectivity index (χ2n) is 8.02. The maximum absolute atomic E-state index is 13.9. The van der Waals surface area contributed by atoms with Gasteiger partial charge in [0.15, 0.2) is 5.65 Å². The minimum Gasteiger partial charge on any atom is -0.286 e. The lowest BCUT2D eigenvalue weighted by Gasteiger charge is -2.25. The molecule has 4 aromatic rings. The molecule has 0 radical (unpaired) electrons. The van der Waals surface area contributed by atoms with Gasteiger partial charge in [0.25, 0.3) is 10.0 Å². The molecule has 0 bridgehead atoms. The van der Waals surface area contributed by atoms with Crippen molar-refractivity contribution < 1.29 is 8.42 Å². The predicted octanol–water partition coefficient (Wildman–Crippen LogP) is 5.20. The van der Waals surface area contributed by atoms with Gasteiger partial charge in [0.2, 0.25) is 0 Å². The average molecular weight is 447 g/mol. The van der Waals surface area contributed by atoms with Crippen LogP contribution in [-0.2, 0) is 16.6 Å². The van der Waals surface area contributed by atoms with Crippen LogP contribution in [0.2, 0.25) is 0 Å². The topological polar surface area (TPSA) is 67.6 Å². The van der Waals surface area contributed by atoms with Crippen LogP contribution in [-0.4, -0.2) is 23.0 Å². The summed E-state index contributed by atoms with van der Waals surface area (Å²) in [6.07, 6.45) is 3.52. The molecule has 0 saturated carbocycles. The van der Waals surface area contributed by atoms with Crippen LogP contribution in [0.1, 0.15) is 42.3 Å². The van der Waals surface area contributed by atoms with Crippen molar-refractivity contribution in [3.8, 4) is 0 Å². The van der Waals surface area contributed by atoms with Crippen molar-refractivity contribution in [2.75, 3.05) is 4.31 Å². The summed E-state index contributed by atoms with van der Waals surface area (Å²) in [7, 11) is -3.92. The first kappa shape index (κ1) is 21.8. The van der Waals surface area contributed by atoms with Crippen LogP contribution in [0.15, 0.2) is 78.3 Å². The zero-order chi connectivity index (χ0) is 22.9. The van der Waals surface area contributed by atoms with Gasteiger partial charge in [0.05, 0.1) is 12.2 Å².